The highest BCUT2D eigenvalue weighted by molar-refractivity contribution is 5.83. The molecule has 3 rings (SSSR count). The molecule has 0 fully saturated rings. The zero-order valence-corrected chi connectivity index (χ0v) is 11.4. The molecule has 0 bridgehead atoms. The van der Waals surface area contributed by atoms with Gasteiger partial charge in [0.15, 0.2) is 12.1 Å². The first kappa shape index (κ1) is 12.5. The lowest BCUT2D eigenvalue weighted by molar-refractivity contribution is 0.111. The maximum Gasteiger partial charge on any atom is 0.170 e. The van der Waals surface area contributed by atoms with Gasteiger partial charge >= 0.3 is 0 Å². The van der Waals surface area contributed by atoms with Crippen LogP contribution in [0.2, 0.25) is 0 Å². The molecule has 0 aromatic carbocycles. The van der Waals surface area contributed by atoms with E-state index in [4.69, 9.17) is 4.42 Å². The maximum absolute atomic E-state index is 11.4. The Morgan fingerprint density at radius 1 is 1.40 bits per heavy atom. The van der Waals surface area contributed by atoms with Crippen molar-refractivity contribution in [3.05, 3.63) is 53.7 Å². The van der Waals surface area contributed by atoms with Gasteiger partial charge < -0.3 is 9.32 Å². The van der Waals surface area contributed by atoms with Gasteiger partial charge in [-0.05, 0) is 25.1 Å². The number of carbonyl (C=O) groups is 1. The van der Waals surface area contributed by atoms with E-state index in [1.54, 1.807) is 10.7 Å². The van der Waals surface area contributed by atoms with Crippen molar-refractivity contribution in [1.29, 1.82) is 0 Å². The van der Waals surface area contributed by atoms with Crippen LogP contribution in [0.3, 0.4) is 0 Å². The summed E-state index contributed by atoms with van der Waals surface area (Å²) in [5.74, 6) is 1.56. The molecular weight excluding hydrogens is 254 g/mol. The average Bonchev–Trinajstić information content (AvgIpc) is 3.02. The lowest BCUT2D eigenvalue weighted by atomic mass is 10.2. The molecule has 20 heavy (non-hydrogen) atoms. The van der Waals surface area contributed by atoms with E-state index in [2.05, 4.69) is 4.98 Å². The molecule has 0 atom stereocenters. The number of pyridine rings is 1. The molecule has 0 aliphatic heterocycles. The van der Waals surface area contributed by atoms with Crippen molar-refractivity contribution in [1.82, 2.24) is 9.38 Å². The van der Waals surface area contributed by atoms with Crippen LogP contribution in [0.1, 0.15) is 21.8 Å². The second-order valence-electron chi connectivity index (χ2n) is 4.73. The molecule has 0 saturated heterocycles. The summed E-state index contributed by atoms with van der Waals surface area (Å²) in [5, 5.41) is 0. The number of nitrogens with zero attached hydrogens (tertiary/aromatic N) is 3. The van der Waals surface area contributed by atoms with Crippen LogP contribution in [0.4, 0.5) is 5.82 Å². The summed E-state index contributed by atoms with van der Waals surface area (Å²) in [6, 6.07) is 7.60. The molecule has 0 radical (unpaired) electrons. The fraction of sp³-hybridized carbons (Fsp3) is 0.200. The van der Waals surface area contributed by atoms with Gasteiger partial charge in [-0.1, -0.05) is 6.07 Å². The average molecular weight is 269 g/mol. The van der Waals surface area contributed by atoms with Gasteiger partial charge in [-0.15, -0.1) is 0 Å². The molecule has 5 heteroatoms. The van der Waals surface area contributed by atoms with Crippen molar-refractivity contribution < 1.29 is 9.21 Å². The third-order valence-corrected chi connectivity index (χ3v) is 3.39. The van der Waals surface area contributed by atoms with Crippen molar-refractivity contribution in [2.75, 3.05) is 11.9 Å². The summed E-state index contributed by atoms with van der Waals surface area (Å²) in [5.41, 5.74) is 2.41. The van der Waals surface area contributed by atoms with Crippen molar-refractivity contribution >= 4 is 17.8 Å². The highest BCUT2D eigenvalue weighted by Gasteiger charge is 2.16. The Morgan fingerprint density at radius 3 is 2.95 bits per heavy atom. The van der Waals surface area contributed by atoms with Crippen LogP contribution in [0.5, 0.6) is 0 Å². The molecule has 3 aromatic rings. The summed E-state index contributed by atoms with van der Waals surface area (Å²) in [6.45, 7) is 2.57. The van der Waals surface area contributed by atoms with Gasteiger partial charge in [0, 0.05) is 25.4 Å². The highest BCUT2D eigenvalue weighted by Crippen LogP contribution is 2.22. The van der Waals surface area contributed by atoms with E-state index < -0.39 is 0 Å². The molecule has 0 aliphatic carbocycles. The maximum atomic E-state index is 11.4. The number of furan rings is 1. The van der Waals surface area contributed by atoms with Gasteiger partial charge in [-0.2, -0.15) is 0 Å². The third kappa shape index (κ3) is 1.97. The van der Waals surface area contributed by atoms with E-state index in [1.165, 1.54) is 0 Å². The van der Waals surface area contributed by atoms with Gasteiger partial charge in [0.25, 0.3) is 0 Å². The topological polar surface area (TPSA) is 50.8 Å². The quantitative estimate of drug-likeness (QED) is 0.683. The summed E-state index contributed by atoms with van der Waals surface area (Å²) >= 11 is 0. The minimum absolute atomic E-state index is 0.559. The van der Waals surface area contributed by atoms with Gasteiger partial charge in [0.2, 0.25) is 0 Å². The summed E-state index contributed by atoms with van der Waals surface area (Å²) < 4.78 is 7.09. The fourth-order valence-corrected chi connectivity index (χ4v) is 2.30. The molecule has 3 heterocycles. The largest absolute Gasteiger partial charge is 0.469 e. The molecule has 0 unspecified atom stereocenters. The number of imidazole rings is 1. The standard InChI is InChI=1S/C15H15N3O2/c1-11-12(6-8-20-11)9-17(2)15-13(10-19)18-7-4-3-5-14(18)16-15/h3-8,10H,9H2,1-2H3. The number of rotatable bonds is 4. The van der Waals surface area contributed by atoms with E-state index in [0.717, 1.165) is 23.3 Å². The summed E-state index contributed by atoms with van der Waals surface area (Å²) in [7, 11) is 1.92. The monoisotopic (exact) mass is 269 g/mol. The number of hydrogen-bond acceptors (Lipinski definition) is 4. The van der Waals surface area contributed by atoms with E-state index in [-0.39, 0.29) is 0 Å². The molecule has 0 amide bonds. The molecule has 3 aromatic heterocycles. The molecular formula is C15H15N3O2. The second-order valence-corrected chi connectivity index (χ2v) is 4.73. The molecule has 0 spiro atoms. The third-order valence-electron chi connectivity index (χ3n) is 3.39. The summed E-state index contributed by atoms with van der Waals surface area (Å²) in [4.78, 5) is 17.8. The normalized spacial score (nSPS) is 10.9. The van der Waals surface area contributed by atoms with Crippen molar-refractivity contribution in [3.63, 3.8) is 0 Å². The summed E-state index contributed by atoms with van der Waals surface area (Å²) in [6.07, 6.45) is 4.35. The van der Waals surface area contributed by atoms with Crippen LogP contribution in [0.25, 0.3) is 5.65 Å². The van der Waals surface area contributed by atoms with E-state index in [1.807, 2.05) is 49.3 Å². The zero-order chi connectivity index (χ0) is 14.1. The predicted molar refractivity (Wildman–Crippen MR) is 76.1 cm³/mol. The highest BCUT2D eigenvalue weighted by atomic mass is 16.3. The number of anilines is 1. The van der Waals surface area contributed by atoms with Crippen LogP contribution in [-0.4, -0.2) is 22.7 Å². The van der Waals surface area contributed by atoms with Crippen LogP contribution in [-0.2, 0) is 6.54 Å². The molecule has 102 valence electrons. The van der Waals surface area contributed by atoms with Crippen LogP contribution in [0, 0.1) is 6.92 Å². The first-order chi connectivity index (χ1) is 9.70. The number of aldehydes is 1. The van der Waals surface area contributed by atoms with Gasteiger partial charge in [0.05, 0.1) is 6.26 Å². The van der Waals surface area contributed by atoms with Gasteiger partial charge in [-0.25, -0.2) is 4.98 Å². The molecule has 0 aliphatic rings. The van der Waals surface area contributed by atoms with E-state index in [9.17, 15) is 4.79 Å². The minimum atomic E-state index is 0.559. The van der Waals surface area contributed by atoms with Crippen LogP contribution in [0.15, 0.2) is 41.1 Å². The van der Waals surface area contributed by atoms with Crippen molar-refractivity contribution in [2.24, 2.45) is 0 Å². The molecule has 5 nitrogen and oxygen atoms in total. The number of fused-ring (bicyclic) bond motifs is 1. The van der Waals surface area contributed by atoms with E-state index in [0.29, 0.717) is 18.1 Å². The van der Waals surface area contributed by atoms with Gasteiger partial charge in [0.1, 0.15) is 17.1 Å². The van der Waals surface area contributed by atoms with Crippen LogP contribution < -0.4 is 4.90 Å². The Balaban J connectivity index is 2.01. The van der Waals surface area contributed by atoms with Crippen molar-refractivity contribution in [2.45, 2.75) is 13.5 Å². The Kier molecular flexibility index (Phi) is 3.02. The lowest BCUT2D eigenvalue weighted by Crippen LogP contribution is -2.18. The minimum Gasteiger partial charge on any atom is -0.469 e. The number of aryl methyl sites for hydroxylation is 1. The molecule has 0 saturated carbocycles. The lowest BCUT2D eigenvalue weighted by Gasteiger charge is -2.16. The Labute approximate surface area is 116 Å². The Bertz CT molecular complexity index is 757. The van der Waals surface area contributed by atoms with Gasteiger partial charge in [-0.3, -0.25) is 9.20 Å². The predicted octanol–water partition coefficient (Wildman–Crippen LogP) is 2.68. The smallest absolute Gasteiger partial charge is 0.170 e. The van der Waals surface area contributed by atoms with Crippen LogP contribution >= 0.6 is 0 Å². The molecule has 0 N–H and O–H groups in total. The fourth-order valence-electron chi connectivity index (χ4n) is 2.30. The Morgan fingerprint density at radius 2 is 2.25 bits per heavy atom. The zero-order valence-electron chi connectivity index (χ0n) is 11.4. The SMILES string of the molecule is Cc1occc1CN(C)c1nc2ccccn2c1C=O. The van der Waals surface area contributed by atoms with E-state index >= 15 is 0 Å². The number of hydrogen-bond donors (Lipinski definition) is 0. The number of aromatic nitrogens is 2. The van der Waals surface area contributed by atoms with Crippen molar-refractivity contribution in [3.8, 4) is 0 Å². The second kappa shape index (κ2) is 4.85. The number of carbonyl (C=O) groups excluding carboxylic acids is 1. The first-order valence-electron chi connectivity index (χ1n) is 6.37. The first-order valence-corrected chi connectivity index (χ1v) is 6.37. The Hall–Kier alpha value is -2.56.